The highest BCUT2D eigenvalue weighted by molar-refractivity contribution is 7.19. The van der Waals surface area contributed by atoms with Gasteiger partial charge in [0.05, 0.1) is 18.8 Å². The summed E-state index contributed by atoms with van der Waals surface area (Å²) in [7, 11) is 0. The van der Waals surface area contributed by atoms with Gasteiger partial charge in [-0.25, -0.2) is 0 Å². The van der Waals surface area contributed by atoms with Crippen LogP contribution >= 0.6 is 11.3 Å². The Morgan fingerprint density at radius 1 is 1.07 bits per heavy atom. The zero-order chi connectivity index (χ0) is 20.8. The SMILES string of the molecule is OC[C@@H]1C[C@H](O)C(O)[C@H](c2cc(Cc3cc4ccccc4s3)c3c(c2O)CCC3)O1. The molecule has 5 nitrogen and oxygen atoms in total. The summed E-state index contributed by atoms with van der Waals surface area (Å²) in [4.78, 5) is 1.25. The Labute approximate surface area is 179 Å². The summed E-state index contributed by atoms with van der Waals surface area (Å²) in [6.07, 6.45) is 0.0720. The van der Waals surface area contributed by atoms with E-state index in [1.807, 2.05) is 18.2 Å². The molecule has 0 radical (unpaired) electrons. The van der Waals surface area contributed by atoms with Gasteiger partial charge in [0.25, 0.3) is 0 Å². The molecule has 0 spiro atoms. The maximum atomic E-state index is 11.0. The molecule has 0 amide bonds. The van der Waals surface area contributed by atoms with Gasteiger partial charge in [0.1, 0.15) is 18.0 Å². The van der Waals surface area contributed by atoms with Crippen molar-refractivity contribution in [3.05, 3.63) is 63.5 Å². The van der Waals surface area contributed by atoms with E-state index in [2.05, 4.69) is 18.2 Å². The molecule has 1 saturated heterocycles. The highest BCUT2D eigenvalue weighted by Crippen LogP contribution is 2.43. The van der Waals surface area contributed by atoms with Crippen LogP contribution in [0.15, 0.2) is 36.4 Å². The molecule has 2 aliphatic rings. The average Bonchev–Trinajstić information content (AvgIpc) is 3.39. The molecule has 4 N–H and O–H groups in total. The number of benzene rings is 2. The van der Waals surface area contributed by atoms with E-state index in [4.69, 9.17) is 4.74 Å². The Morgan fingerprint density at radius 2 is 1.87 bits per heavy atom. The van der Waals surface area contributed by atoms with E-state index in [0.29, 0.717) is 5.56 Å². The van der Waals surface area contributed by atoms with Crippen LogP contribution in [0.25, 0.3) is 10.1 Å². The van der Waals surface area contributed by atoms with Gasteiger partial charge in [-0.2, -0.15) is 0 Å². The van der Waals surface area contributed by atoms with E-state index in [1.165, 1.54) is 20.5 Å². The third-order valence-corrected chi connectivity index (χ3v) is 7.51. The average molecular weight is 427 g/mol. The smallest absolute Gasteiger partial charge is 0.124 e. The summed E-state index contributed by atoms with van der Waals surface area (Å²) < 4.78 is 7.13. The maximum absolute atomic E-state index is 11.0. The third-order valence-electron chi connectivity index (χ3n) is 6.39. The van der Waals surface area contributed by atoms with Crippen molar-refractivity contribution in [3.63, 3.8) is 0 Å². The van der Waals surface area contributed by atoms with Crippen molar-refractivity contribution in [2.24, 2.45) is 0 Å². The van der Waals surface area contributed by atoms with E-state index in [1.54, 1.807) is 11.3 Å². The van der Waals surface area contributed by atoms with Gasteiger partial charge in [-0.3, -0.25) is 0 Å². The summed E-state index contributed by atoms with van der Waals surface area (Å²) in [5, 5.41) is 42.6. The van der Waals surface area contributed by atoms with Crippen molar-refractivity contribution in [1.82, 2.24) is 0 Å². The Bertz CT molecular complexity index is 1040. The number of ether oxygens (including phenoxy) is 1. The molecule has 4 atom stereocenters. The fourth-order valence-electron chi connectivity index (χ4n) is 4.89. The van der Waals surface area contributed by atoms with Gasteiger partial charge in [0, 0.05) is 28.0 Å². The summed E-state index contributed by atoms with van der Waals surface area (Å²) in [6.45, 7) is -0.235. The fourth-order valence-corrected chi connectivity index (χ4v) is 5.98. The van der Waals surface area contributed by atoms with E-state index in [0.717, 1.165) is 36.8 Å². The predicted octanol–water partition coefficient (Wildman–Crippen LogP) is 3.23. The number of aliphatic hydroxyl groups is 3. The standard InChI is InChI=1S/C24H26O5S/c25-12-15-11-20(26)23(28)24(29-15)19-10-14(17-5-3-6-18(17)22(19)27)9-16-8-13-4-1-2-7-21(13)30-16/h1-2,4,7-8,10,15,20,23-28H,3,5-6,9,11-12H2/t15-,20-,23?,24-/m0/s1. The molecule has 158 valence electrons. The van der Waals surface area contributed by atoms with E-state index in [-0.39, 0.29) is 18.8 Å². The van der Waals surface area contributed by atoms with Crippen molar-refractivity contribution in [2.45, 2.75) is 56.5 Å². The van der Waals surface area contributed by atoms with Crippen molar-refractivity contribution < 1.29 is 25.2 Å². The number of aromatic hydroxyl groups is 1. The summed E-state index contributed by atoms with van der Waals surface area (Å²) in [6, 6.07) is 12.5. The predicted molar refractivity (Wildman–Crippen MR) is 116 cm³/mol. The highest BCUT2D eigenvalue weighted by atomic mass is 32.1. The molecule has 5 rings (SSSR count). The van der Waals surface area contributed by atoms with Gasteiger partial charge in [0.15, 0.2) is 0 Å². The van der Waals surface area contributed by atoms with Crippen LogP contribution in [0.3, 0.4) is 0 Å². The monoisotopic (exact) mass is 426 g/mol. The number of aliphatic hydroxyl groups excluding tert-OH is 3. The van der Waals surface area contributed by atoms with Crippen molar-refractivity contribution >= 4 is 21.4 Å². The van der Waals surface area contributed by atoms with Gasteiger partial charge in [-0.05, 0) is 59.5 Å². The maximum Gasteiger partial charge on any atom is 0.124 e. The first-order valence-corrected chi connectivity index (χ1v) is 11.3. The number of rotatable bonds is 4. The first-order valence-electron chi connectivity index (χ1n) is 10.5. The Kier molecular flexibility index (Phi) is 5.29. The molecule has 6 heteroatoms. The molecule has 1 aromatic heterocycles. The van der Waals surface area contributed by atoms with Gasteiger partial charge >= 0.3 is 0 Å². The highest BCUT2D eigenvalue weighted by Gasteiger charge is 2.39. The molecule has 30 heavy (non-hydrogen) atoms. The largest absolute Gasteiger partial charge is 0.507 e. The van der Waals surface area contributed by atoms with Crippen LogP contribution < -0.4 is 0 Å². The Balaban J connectivity index is 1.56. The van der Waals surface area contributed by atoms with Crippen LogP contribution in [0.2, 0.25) is 0 Å². The molecule has 2 aromatic carbocycles. The van der Waals surface area contributed by atoms with E-state index in [9.17, 15) is 20.4 Å². The minimum Gasteiger partial charge on any atom is -0.507 e. The Hall–Kier alpha value is -1.96. The van der Waals surface area contributed by atoms with Crippen molar-refractivity contribution in [2.75, 3.05) is 6.61 Å². The first kappa shape index (κ1) is 20.0. The molecule has 0 saturated carbocycles. The number of fused-ring (bicyclic) bond motifs is 2. The second kappa shape index (κ2) is 7.94. The zero-order valence-electron chi connectivity index (χ0n) is 16.6. The lowest BCUT2D eigenvalue weighted by Crippen LogP contribution is -2.44. The van der Waals surface area contributed by atoms with Crippen LogP contribution in [0, 0.1) is 0 Å². The summed E-state index contributed by atoms with van der Waals surface area (Å²) in [5.74, 6) is 0.164. The minimum absolute atomic E-state index is 0.164. The number of hydrogen-bond acceptors (Lipinski definition) is 6. The molecule has 3 aromatic rings. The molecule has 1 unspecified atom stereocenters. The fraction of sp³-hybridized carbons (Fsp3) is 0.417. The first-order chi connectivity index (χ1) is 14.5. The number of hydrogen-bond donors (Lipinski definition) is 4. The second-order valence-corrected chi connectivity index (χ2v) is 9.53. The van der Waals surface area contributed by atoms with E-state index >= 15 is 0 Å². The lowest BCUT2D eigenvalue weighted by atomic mass is 9.88. The van der Waals surface area contributed by atoms with Crippen LogP contribution in [-0.2, 0) is 24.0 Å². The third kappa shape index (κ3) is 3.43. The second-order valence-electron chi connectivity index (χ2n) is 8.37. The lowest BCUT2D eigenvalue weighted by molar-refractivity contribution is -0.180. The normalized spacial score (nSPS) is 26.2. The van der Waals surface area contributed by atoms with E-state index < -0.39 is 24.4 Å². The molecule has 0 bridgehead atoms. The zero-order valence-corrected chi connectivity index (χ0v) is 17.4. The van der Waals surface area contributed by atoms with Crippen molar-refractivity contribution in [1.29, 1.82) is 0 Å². The number of phenolic OH excluding ortho intramolecular Hbond substituents is 1. The lowest BCUT2D eigenvalue weighted by Gasteiger charge is -2.37. The minimum atomic E-state index is -1.14. The number of phenols is 1. The molecule has 1 fully saturated rings. The van der Waals surface area contributed by atoms with Gasteiger partial charge < -0.3 is 25.2 Å². The molecular formula is C24H26O5S. The van der Waals surface area contributed by atoms with Gasteiger partial charge in [-0.1, -0.05) is 18.2 Å². The van der Waals surface area contributed by atoms with Crippen LogP contribution in [0.4, 0.5) is 0 Å². The quantitative estimate of drug-likeness (QED) is 0.514. The topological polar surface area (TPSA) is 90.2 Å². The van der Waals surface area contributed by atoms with Gasteiger partial charge in [-0.15, -0.1) is 11.3 Å². The molecule has 1 aliphatic carbocycles. The molecular weight excluding hydrogens is 400 g/mol. The van der Waals surface area contributed by atoms with Crippen LogP contribution in [-0.4, -0.2) is 45.3 Å². The number of thiophene rings is 1. The van der Waals surface area contributed by atoms with Gasteiger partial charge in [0.2, 0.25) is 0 Å². The van der Waals surface area contributed by atoms with Crippen molar-refractivity contribution in [3.8, 4) is 5.75 Å². The summed E-state index contributed by atoms with van der Waals surface area (Å²) in [5.41, 5.74) is 3.77. The molecule has 1 aliphatic heterocycles. The Morgan fingerprint density at radius 3 is 2.67 bits per heavy atom. The summed E-state index contributed by atoms with van der Waals surface area (Å²) >= 11 is 1.77. The van der Waals surface area contributed by atoms with Crippen LogP contribution in [0.5, 0.6) is 5.75 Å². The molecule has 2 heterocycles. The van der Waals surface area contributed by atoms with Crippen LogP contribution in [0.1, 0.15) is 46.1 Å².